The normalized spacial score (nSPS) is 10.7. The fraction of sp³-hybridized carbons (Fsp3) is 0.529. The Bertz CT molecular complexity index is 547. The molecule has 6 heteroatoms. The standard InChI is InChI=1S/C17H24Cl2N2O2/c1-12(2)7-9-21(13(3)22)11-17(23)20-8-6-14-4-5-15(18)10-16(14)19/h4-5,10,12H,6-9,11H2,1-3H3,(H,20,23). The predicted molar refractivity (Wildman–Crippen MR) is 94.9 cm³/mol. The van der Waals surface area contributed by atoms with E-state index in [9.17, 15) is 9.59 Å². The third kappa shape index (κ3) is 7.71. The van der Waals surface area contributed by atoms with Gasteiger partial charge in [0.25, 0.3) is 0 Å². The molecule has 0 aliphatic carbocycles. The fourth-order valence-corrected chi connectivity index (χ4v) is 2.56. The first kappa shape index (κ1) is 19.8. The zero-order chi connectivity index (χ0) is 17.4. The highest BCUT2D eigenvalue weighted by Gasteiger charge is 2.13. The lowest BCUT2D eigenvalue weighted by Gasteiger charge is -2.21. The van der Waals surface area contributed by atoms with Gasteiger partial charge in [-0.2, -0.15) is 0 Å². The Morgan fingerprint density at radius 1 is 1.26 bits per heavy atom. The molecular weight excluding hydrogens is 335 g/mol. The van der Waals surface area contributed by atoms with Gasteiger partial charge in [0.2, 0.25) is 11.8 Å². The van der Waals surface area contributed by atoms with Gasteiger partial charge in [-0.15, -0.1) is 0 Å². The molecule has 0 atom stereocenters. The summed E-state index contributed by atoms with van der Waals surface area (Å²) in [4.78, 5) is 25.1. The Labute approximate surface area is 148 Å². The van der Waals surface area contributed by atoms with Crippen molar-refractivity contribution >= 4 is 35.0 Å². The van der Waals surface area contributed by atoms with Crippen LogP contribution < -0.4 is 5.32 Å². The largest absolute Gasteiger partial charge is 0.354 e. The van der Waals surface area contributed by atoms with E-state index in [4.69, 9.17) is 23.2 Å². The number of benzene rings is 1. The van der Waals surface area contributed by atoms with Crippen LogP contribution in [0, 0.1) is 5.92 Å². The average molecular weight is 359 g/mol. The molecule has 128 valence electrons. The van der Waals surface area contributed by atoms with Gasteiger partial charge in [0.05, 0.1) is 6.54 Å². The van der Waals surface area contributed by atoms with E-state index in [0.717, 1.165) is 12.0 Å². The van der Waals surface area contributed by atoms with E-state index in [2.05, 4.69) is 19.2 Å². The molecule has 4 nitrogen and oxygen atoms in total. The molecule has 0 saturated carbocycles. The summed E-state index contributed by atoms with van der Waals surface area (Å²) < 4.78 is 0. The second kappa shape index (κ2) is 9.78. The van der Waals surface area contributed by atoms with Gasteiger partial charge in [-0.1, -0.05) is 43.1 Å². The third-order valence-corrected chi connectivity index (χ3v) is 4.07. The van der Waals surface area contributed by atoms with Crippen molar-refractivity contribution in [3.63, 3.8) is 0 Å². The molecule has 0 aliphatic rings. The predicted octanol–water partition coefficient (Wildman–Crippen LogP) is 3.55. The summed E-state index contributed by atoms with van der Waals surface area (Å²) >= 11 is 11.9. The minimum absolute atomic E-state index is 0.0819. The monoisotopic (exact) mass is 358 g/mol. The lowest BCUT2D eigenvalue weighted by atomic mass is 10.1. The van der Waals surface area contributed by atoms with Gasteiger partial charge < -0.3 is 10.2 Å². The summed E-state index contributed by atoms with van der Waals surface area (Å²) in [5.74, 6) is 0.252. The van der Waals surface area contributed by atoms with E-state index in [1.165, 1.54) is 6.92 Å². The van der Waals surface area contributed by atoms with Crippen molar-refractivity contribution in [2.45, 2.75) is 33.6 Å². The number of nitrogens with zero attached hydrogens (tertiary/aromatic N) is 1. The van der Waals surface area contributed by atoms with Crippen LogP contribution in [0.25, 0.3) is 0 Å². The molecular formula is C17H24Cl2N2O2. The number of rotatable bonds is 8. The Balaban J connectivity index is 2.41. The van der Waals surface area contributed by atoms with E-state index in [0.29, 0.717) is 35.5 Å². The maximum absolute atomic E-state index is 12.0. The first-order valence-corrected chi connectivity index (χ1v) is 8.51. The Hall–Kier alpha value is -1.26. The molecule has 0 bridgehead atoms. The first-order chi connectivity index (χ1) is 10.8. The number of nitrogens with one attached hydrogen (secondary N) is 1. The van der Waals surface area contributed by atoms with E-state index in [1.807, 2.05) is 6.07 Å². The number of carbonyl (C=O) groups is 2. The smallest absolute Gasteiger partial charge is 0.239 e. The second-order valence-corrected chi connectivity index (χ2v) is 6.80. The van der Waals surface area contributed by atoms with Crippen molar-refractivity contribution in [1.29, 1.82) is 0 Å². The van der Waals surface area contributed by atoms with E-state index >= 15 is 0 Å². The number of hydrogen-bond donors (Lipinski definition) is 1. The highest BCUT2D eigenvalue weighted by molar-refractivity contribution is 6.35. The molecule has 0 spiro atoms. The minimum atomic E-state index is -0.158. The maximum Gasteiger partial charge on any atom is 0.239 e. The van der Waals surface area contributed by atoms with Crippen LogP contribution in [0.15, 0.2) is 18.2 Å². The van der Waals surface area contributed by atoms with Crippen LogP contribution in [0.4, 0.5) is 0 Å². The second-order valence-electron chi connectivity index (χ2n) is 5.96. The summed E-state index contributed by atoms with van der Waals surface area (Å²) in [5.41, 5.74) is 0.930. The summed E-state index contributed by atoms with van der Waals surface area (Å²) in [6, 6.07) is 5.30. The fourth-order valence-electron chi connectivity index (χ4n) is 2.05. The van der Waals surface area contributed by atoms with Crippen molar-refractivity contribution in [3.05, 3.63) is 33.8 Å². The highest BCUT2D eigenvalue weighted by Crippen LogP contribution is 2.21. The maximum atomic E-state index is 12.0. The van der Waals surface area contributed by atoms with Crippen LogP contribution in [0.3, 0.4) is 0 Å². The SMILES string of the molecule is CC(=O)N(CCC(C)C)CC(=O)NCCc1ccc(Cl)cc1Cl. The van der Waals surface area contributed by atoms with Gasteiger partial charge in [0.15, 0.2) is 0 Å². The number of carbonyl (C=O) groups excluding carboxylic acids is 2. The molecule has 0 fully saturated rings. The van der Waals surface area contributed by atoms with E-state index < -0.39 is 0 Å². The molecule has 1 aromatic rings. The van der Waals surface area contributed by atoms with Crippen molar-refractivity contribution in [3.8, 4) is 0 Å². The molecule has 23 heavy (non-hydrogen) atoms. The Morgan fingerprint density at radius 2 is 1.96 bits per heavy atom. The third-order valence-electron chi connectivity index (χ3n) is 3.49. The molecule has 2 amide bonds. The molecule has 0 unspecified atom stereocenters. The summed E-state index contributed by atoms with van der Waals surface area (Å²) in [6.45, 7) is 6.83. The molecule has 0 aromatic heterocycles. The van der Waals surface area contributed by atoms with Gasteiger partial charge >= 0.3 is 0 Å². The van der Waals surface area contributed by atoms with Crippen molar-refractivity contribution in [2.75, 3.05) is 19.6 Å². The summed E-state index contributed by atoms with van der Waals surface area (Å²) in [6.07, 6.45) is 1.50. The first-order valence-electron chi connectivity index (χ1n) is 7.75. The van der Waals surface area contributed by atoms with E-state index in [1.54, 1.807) is 17.0 Å². The van der Waals surface area contributed by atoms with Crippen LogP contribution in [0.2, 0.25) is 10.0 Å². The molecule has 0 heterocycles. The van der Waals surface area contributed by atoms with Gasteiger partial charge in [-0.3, -0.25) is 9.59 Å². The Kier molecular flexibility index (Phi) is 8.42. The zero-order valence-corrected chi connectivity index (χ0v) is 15.4. The van der Waals surface area contributed by atoms with Crippen molar-refractivity contribution < 1.29 is 9.59 Å². The van der Waals surface area contributed by atoms with Crippen LogP contribution in [-0.4, -0.2) is 36.3 Å². The van der Waals surface area contributed by atoms with Gasteiger partial charge in [0, 0.05) is 30.1 Å². The minimum Gasteiger partial charge on any atom is -0.354 e. The summed E-state index contributed by atoms with van der Waals surface area (Å²) in [5, 5.41) is 4.00. The average Bonchev–Trinajstić information content (AvgIpc) is 2.45. The quantitative estimate of drug-likeness (QED) is 0.772. The van der Waals surface area contributed by atoms with Crippen LogP contribution in [0.5, 0.6) is 0 Å². The molecule has 1 N–H and O–H groups in total. The Morgan fingerprint density at radius 3 is 2.52 bits per heavy atom. The number of amides is 2. The topological polar surface area (TPSA) is 49.4 Å². The van der Waals surface area contributed by atoms with Crippen molar-refractivity contribution in [2.24, 2.45) is 5.92 Å². The molecule has 1 rings (SSSR count). The number of hydrogen-bond acceptors (Lipinski definition) is 2. The van der Waals surface area contributed by atoms with Gasteiger partial charge in [-0.05, 0) is 36.5 Å². The lowest BCUT2D eigenvalue weighted by Crippen LogP contribution is -2.41. The summed E-state index contributed by atoms with van der Waals surface area (Å²) in [7, 11) is 0. The van der Waals surface area contributed by atoms with Gasteiger partial charge in [0.1, 0.15) is 0 Å². The molecule has 1 aromatic carbocycles. The van der Waals surface area contributed by atoms with Crippen molar-refractivity contribution in [1.82, 2.24) is 10.2 Å². The number of halogens is 2. The molecule has 0 aliphatic heterocycles. The molecule has 0 radical (unpaired) electrons. The van der Waals surface area contributed by atoms with Gasteiger partial charge in [-0.25, -0.2) is 0 Å². The zero-order valence-electron chi connectivity index (χ0n) is 13.9. The highest BCUT2D eigenvalue weighted by atomic mass is 35.5. The van der Waals surface area contributed by atoms with Crippen LogP contribution >= 0.6 is 23.2 Å². The van der Waals surface area contributed by atoms with Crippen LogP contribution in [0.1, 0.15) is 32.8 Å². The molecule has 0 saturated heterocycles. The van der Waals surface area contributed by atoms with Crippen LogP contribution in [-0.2, 0) is 16.0 Å². The lowest BCUT2D eigenvalue weighted by molar-refractivity contribution is -0.134. The van der Waals surface area contributed by atoms with E-state index in [-0.39, 0.29) is 18.4 Å².